The standard InChI is InChI=1S/C48H96NO7P/c1-6-8-10-12-14-16-18-20-22-24-26-28-30-32-34-36-38-40-43-53-45-47(46-55-57(51,52)54-44-42-49(3,4)5)56-48(50)41-39-37-35-33-31-29-27-25-23-21-19-17-15-13-11-9-7-2/h40,43,47H,6-39,41-42,44-46H2,1-5H3/p+1/b43-40+/t47-/m1/s1. The lowest BCUT2D eigenvalue weighted by Crippen LogP contribution is -2.37. The Morgan fingerprint density at radius 2 is 0.912 bits per heavy atom. The molecule has 0 rings (SSSR count). The molecule has 0 radical (unpaired) electrons. The second-order valence-electron chi connectivity index (χ2n) is 17.9. The third-order valence-electron chi connectivity index (χ3n) is 10.9. The molecule has 0 aliphatic heterocycles. The van der Waals surface area contributed by atoms with Crippen LogP contribution >= 0.6 is 7.82 Å². The predicted octanol–water partition coefficient (Wildman–Crippen LogP) is 15.0. The third kappa shape index (κ3) is 46.0. The van der Waals surface area contributed by atoms with E-state index in [0.717, 1.165) is 32.1 Å². The molecule has 8 nitrogen and oxygen atoms in total. The Bertz CT molecular complexity index is 925. The molecule has 0 saturated heterocycles. The highest BCUT2D eigenvalue weighted by Gasteiger charge is 2.26. The van der Waals surface area contributed by atoms with Gasteiger partial charge in [-0.15, -0.1) is 0 Å². The highest BCUT2D eigenvalue weighted by molar-refractivity contribution is 7.47. The van der Waals surface area contributed by atoms with E-state index in [-0.39, 0.29) is 25.8 Å². The smallest absolute Gasteiger partial charge is 0.472 e. The van der Waals surface area contributed by atoms with Crippen LogP contribution in [0.25, 0.3) is 0 Å². The molecule has 0 aliphatic carbocycles. The van der Waals surface area contributed by atoms with Gasteiger partial charge < -0.3 is 18.9 Å². The van der Waals surface area contributed by atoms with Crippen LogP contribution in [0.3, 0.4) is 0 Å². The van der Waals surface area contributed by atoms with Crippen LogP contribution in [-0.4, -0.2) is 69.0 Å². The van der Waals surface area contributed by atoms with E-state index in [1.165, 1.54) is 186 Å². The Kier molecular flexibility index (Phi) is 41.1. The number of hydrogen-bond acceptors (Lipinski definition) is 6. The SMILES string of the molecule is CCCCCCCCCCCCCCCCCC/C=C/OC[C@H](COP(=O)(O)OCC[N+](C)(C)C)OC(=O)CCCCCCCCCCCCCCCCCCC. The minimum atomic E-state index is -4.29. The van der Waals surface area contributed by atoms with E-state index in [4.69, 9.17) is 18.5 Å². The van der Waals surface area contributed by atoms with Crippen molar-refractivity contribution in [1.29, 1.82) is 0 Å². The molecule has 340 valence electrons. The number of nitrogens with zero attached hydrogens (tertiary/aromatic N) is 1. The van der Waals surface area contributed by atoms with Crippen molar-refractivity contribution >= 4 is 13.8 Å². The molecule has 2 atom stereocenters. The molecule has 9 heteroatoms. The maximum atomic E-state index is 12.7. The topological polar surface area (TPSA) is 91.3 Å². The number of quaternary nitrogens is 1. The number of phosphoric acid groups is 1. The Morgan fingerprint density at radius 1 is 0.544 bits per heavy atom. The first-order chi connectivity index (χ1) is 27.6. The highest BCUT2D eigenvalue weighted by Crippen LogP contribution is 2.43. The highest BCUT2D eigenvalue weighted by atomic mass is 31.2. The van der Waals surface area contributed by atoms with Crippen LogP contribution in [0, 0.1) is 0 Å². The second-order valence-corrected chi connectivity index (χ2v) is 19.4. The van der Waals surface area contributed by atoms with Crippen LogP contribution in [0.1, 0.15) is 239 Å². The molecule has 0 saturated carbocycles. The summed E-state index contributed by atoms with van der Waals surface area (Å²) in [5.41, 5.74) is 0. The van der Waals surface area contributed by atoms with Crippen LogP contribution in [-0.2, 0) is 27.9 Å². The summed E-state index contributed by atoms with van der Waals surface area (Å²) >= 11 is 0. The third-order valence-corrected chi connectivity index (χ3v) is 11.9. The van der Waals surface area contributed by atoms with Gasteiger partial charge in [0, 0.05) is 6.42 Å². The molecule has 0 aromatic rings. The van der Waals surface area contributed by atoms with Crippen molar-refractivity contribution in [3.8, 4) is 0 Å². The van der Waals surface area contributed by atoms with Crippen molar-refractivity contribution in [1.82, 2.24) is 0 Å². The van der Waals surface area contributed by atoms with Gasteiger partial charge in [0.15, 0.2) is 6.10 Å². The van der Waals surface area contributed by atoms with Crippen LogP contribution in [0.5, 0.6) is 0 Å². The molecule has 0 bridgehead atoms. The molecule has 0 fully saturated rings. The van der Waals surface area contributed by atoms with E-state index >= 15 is 0 Å². The van der Waals surface area contributed by atoms with Crippen molar-refractivity contribution in [2.45, 2.75) is 245 Å². The lowest BCUT2D eigenvalue weighted by Gasteiger charge is -2.24. The maximum Gasteiger partial charge on any atom is 0.472 e. The van der Waals surface area contributed by atoms with E-state index in [1.54, 1.807) is 6.26 Å². The first-order valence-corrected chi connectivity index (χ1v) is 26.0. The largest absolute Gasteiger partial charge is 0.498 e. The quantitative estimate of drug-likeness (QED) is 0.0215. The Morgan fingerprint density at radius 3 is 1.30 bits per heavy atom. The molecular weight excluding hydrogens is 734 g/mol. The average Bonchev–Trinajstić information content (AvgIpc) is 3.16. The fraction of sp³-hybridized carbons (Fsp3) is 0.938. The van der Waals surface area contributed by atoms with Crippen molar-refractivity contribution in [3.05, 3.63) is 12.3 Å². The van der Waals surface area contributed by atoms with Gasteiger partial charge in [-0.2, -0.15) is 0 Å². The summed E-state index contributed by atoms with van der Waals surface area (Å²) in [4.78, 5) is 22.9. The number of allylic oxidation sites excluding steroid dienone is 1. The summed E-state index contributed by atoms with van der Waals surface area (Å²) in [6, 6.07) is 0. The molecular formula is C48H97NO7P+. The van der Waals surface area contributed by atoms with Gasteiger partial charge in [0.05, 0.1) is 34.0 Å². The van der Waals surface area contributed by atoms with E-state index in [9.17, 15) is 14.3 Å². The number of unbranched alkanes of at least 4 members (excludes halogenated alkanes) is 32. The summed E-state index contributed by atoms with van der Waals surface area (Å²) in [6.07, 6.45) is 47.7. The number of phosphoric ester groups is 1. The van der Waals surface area contributed by atoms with E-state index in [0.29, 0.717) is 17.4 Å². The van der Waals surface area contributed by atoms with E-state index in [2.05, 4.69) is 13.8 Å². The predicted molar refractivity (Wildman–Crippen MR) is 243 cm³/mol. The summed E-state index contributed by atoms with van der Waals surface area (Å²) in [5, 5.41) is 0. The first kappa shape index (κ1) is 56.1. The van der Waals surface area contributed by atoms with Gasteiger partial charge in [-0.3, -0.25) is 13.8 Å². The molecule has 0 heterocycles. The molecule has 0 aromatic heterocycles. The lowest BCUT2D eigenvalue weighted by molar-refractivity contribution is -0.870. The van der Waals surface area contributed by atoms with Crippen molar-refractivity contribution in [3.63, 3.8) is 0 Å². The number of rotatable bonds is 46. The maximum absolute atomic E-state index is 12.7. The lowest BCUT2D eigenvalue weighted by atomic mass is 10.0. The first-order valence-electron chi connectivity index (χ1n) is 24.5. The normalized spacial score (nSPS) is 13.6. The average molecular weight is 831 g/mol. The zero-order valence-corrected chi connectivity index (χ0v) is 39.5. The van der Waals surface area contributed by atoms with Crippen LogP contribution < -0.4 is 0 Å². The number of hydrogen-bond donors (Lipinski definition) is 1. The molecule has 0 amide bonds. The summed E-state index contributed by atoms with van der Waals surface area (Å²) < 4.78 is 34.9. The molecule has 1 unspecified atom stereocenters. The fourth-order valence-electron chi connectivity index (χ4n) is 7.11. The van der Waals surface area contributed by atoms with Crippen LogP contribution in [0.4, 0.5) is 0 Å². The number of likely N-dealkylation sites (N-methyl/N-ethyl adjacent to an activating group) is 1. The number of carbonyl (C=O) groups is 1. The minimum absolute atomic E-state index is 0.0547. The Balaban J connectivity index is 4.18. The van der Waals surface area contributed by atoms with Crippen molar-refractivity contribution in [2.75, 3.05) is 47.5 Å². The summed E-state index contributed by atoms with van der Waals surface area (Å²) in [6.45, 7) is 4.98. The van der Waals surface area contributed by atoms with Crippen molar-refractivity contribution < 1.29 is 37.3 Å². The van der Waals surface area contributed by atoms with Gasteiger partial charge in [0.25, 0.3) is 0 Å². The monoisotopic (exact) mass is 831 g/mol. The van der Waals surface area contributed by atoms with Crippen molar-refractivity contribution in [2.24, 2.45) is 0 Å². The van der Waals surface area contributed by atoms with Gasteiger partial charge in [-0.1, -0.05) is 213 Å². The van der Waals surface area contributed by atoms with Gasteiger partial charge in [0.1, 0.15) is 19.8 Å². The van der Waals surface area contributed by atoms with Crippen LogP contribution in [0.15, 0.2) is 12.3 Å². The summed E-state index contributed by atoms with van der Waals surface area (Å²) in [7, 11) is 1.65. The molecule has 0 aliphatic rings. The zero-order chi connectivity index (χ0) is 42.0. The van der Waals surface area contributed by atoms with Gasteiger partial charge in [0.2, 0.25) is 0 Å². The molecule has 0 aromatic carbocycles. The minimum Gasteiger partial charge on any atom is -0.498 e. The van der Waals surface area contributed by atoms with Gasteiger partial charge in [-0.25, -0.2) is 4.57 Å². The molecule has 1 N–H and O–H groups in total. The molecule has 0 spiro atoms. The Hall–Kier alpha value is -0.920. The number of ether oxygens (including phenoxy) is 2. The van der Waals surface area contributed by atoms with Gasteiger partial charge in [-0.05, 0) is 25.3 Å². The van der Waals surface area contributed by atoms with Gasteiger partial charge >= 0.3 is 13.8 Å². The Labute approximate surface area is 354 Å². The second kappa shape index (κ2) is 41.8. The zero-order valence-electron chi connectivity index (χ0n) is 38.6. The number of esters is 1. The van der Waals surface area contributed by atoms with Crippen LogP contribution in [0.2, 0.25) is 0 Å². The van der Waals surface area contributed by atoms with E-state index < -0.39 is 13.9 Å². The summed E-state index contributed by atoms with van der Waals surface area (Å²) in [5.74, 6) is -0.330. The fourth-order valence-corrected chi connectivity index (χ4v) is 7.85. The molecule has 57 heavy (non-hydrogen) atoms. The number of carbonyl (C=O) groups excluding carboxylic acids is 1. The van der Waals surface area contributed by atoms with E-state index in [1.807, 2.05) is 27.2 Å².